The molecule has 0 spiro atoms. The summed E-state index contributed by atoms with van der Waals surface area (Å²) in [5.74, 6) is -0.0533. The third-order valence-corrected chi connectivity index (χ3v) is 8.72. The van der Waals surface area contributed by atoms with Gasteiger partial charge < -0.3 is 14.5 Å². The Hall–Kier alpha value is -3.33. The summed E-state index contributed by atoms with van der Waals surface area (Å²) in [5, 5.41) is 0.618. The standard InChI is InChI=1S/C31H38N4O4S/c1-5-35-27(36)24-19-22-13-9-10-14-23(22)20-25(24)32-29(35)40-26(21-11-7-6-8-12-21)28(37)33-15-17-34(18-16-33)30(38)39-31(2,3)4/h6-8,11-12,19-20,26H,5,9-10,13-18H2,1-4H3. The maximum atomic E-state index is 14.0. The number of nitrogens with zero attached hydrogens (tertiary/aromatic N) is 4. The number of fused-ring (bicyclic) bond motifs is 2. The predicted molar refractivity (Wildman–Crippen MR) is 158 cm³/mol. The van der Waals surface area contributed by atoms with Crippen molar-refractivity contribution in [3.63, 3.8) is 0 Å². The van der Waals surface area contributed by atoms with Crippen LogP contribution in [-0.2, 0) is 28.9 Å². The molecule has 0 saturated carbocycles. The van der Waals surface area contributed by atoms with Crippen molar-refractivity contribution in [2.75, 3.05) is 26.2 Å². The lowest BCUT2D eigenvalue weighted by Crippen LogP contribution is -2.52. The number of benzene rings is 2. The van der Waals surface area contributed by atoms with Gasteiger partial charge in [0.25, 0.3) is 5.56 Å². The topological polar surface area (TPSA) is 84.7 Å². The molecular weight excluding hydrogens is 524 g/mol. The van der Waals surface area contributed by atoms with Gasteiger partial charge in [0.1, 0.15) is 10.9 Å². The molecule has 0 bridgehead atoms. The zero-order valence-electron chi connectivity index (χ0n) is 23.8. The number of piperazine rings is 1. The summed E-state index contributed by atoms with van der Waals surface area (Å²) in [4.78, 5) is 48.6. The minimum absolute atomic E-state index is 0.0533. The van der Waals surface area contributed by atoms with Gasteiger partial charge in [0.05, 0.1) is 10.9 Å². The first-order chi connectivity index (χ1) is 19.1. The molecule has 0 radical (unpaired) electrons. The molecule has 1 atom stereocenters. The van der Waals surface area contributed by atoms with E-state index in [1.807, 2.05) is 64.1 Å². The summed E-state index contributed by atoms with van der Waals surface area (Å²) < 4.78 is 7.20. The van der Waals surface area contributed by atoms with Crippen LogP contribution in [-0.4, -0.2) is 63.1 Å². The van der Waals surface area contributed by atoms with Crippen molar-refractivity contribution in [1.29, 1.82) is 0 Å². The van der Waals surface area contributed by atoms with Crippen LogP contribution in [0.25, 0.3) is 10.9 Å². The molecule has 212 valence electrons. The van der Waals surface area contributed by atoms with E-state index in [0.717, 1.165) is 31.2 Å². The molecule has 1 aromatic heterocycles. The molecule has 2 aliphatic rings. The molecule has 9 heteroatoms. The molecule has 8 nitrogen and oxygen atoms in total. The zero-order chi connectivity index (χ0) is 28.4. The number of amides is 2. The number of aromatic nitrogens is 2. The van der Waals surface area contributed by atoms with Crippen LogP contribution in [0, 0.1) is 0 Å². The maximum absolute atomic E-state index is 14.0. The lowest BCUT2D eigenvalue weighted by atomic mass is 9.90. The molecule has 1 aliphatic carbocycles. The van der Waals surface area contributed by atoms with Gasteiger partial charge in [-0.25, -0.2) is 9.78 Å². The molecule has 1 aliphatic heterocycles. The summed E-state index contributed by atoms with van der Waals surface area (Å²) in [7, 11) is 0. The molecule has 1 fully saturated rings. The Morgan fingerprint density at radius 1 is 0.975 bits per heavy atom. The molecule has 3 aromatic rings. The van der Waals surface area contributed by atoms with Crippen molar-refractivity contribution in [2.45, 2.75) is 75.9 Å². The van der Waals surface area contributed by atoms with Gasteiger partial charge in [-0.05, 0) is 82.2 Å². The van der Waals surface area contributed by atoms with Crippen molar-refractivity contribution in [2.24, 2.45) is 0 Å². The molecule has 1 unspecified atom stereocenters. The molecular formula is C31H38N4O4S. The Balaban J connectivity index is 1.43. The van der Waals surface area contributed by atoms with Gasteiger partial charge in [-0.2, -0.15) is 0 Å². The van der Waals surface area contributed by atoms with Crippen LogP contribution in [0.15, 0.2) is 52.4 Å². The van der Waals surface area contributed by atoms with Gasteiger partial charge in [-0.15, -0.1) is 0 Å². The van der Waals surface area contributed by atoms with Crippen molar-refractivity contribution in [3.8, 4) is 0 Å². The summed E-state index contributed by atoms with van der Waals surface area (Å²) in [5.41, 5.74) is 3.45. The van der Waals surface area contributed by atoms with Gasteiger partial charge in [0.2, 0.25) is 5.91 Å². The van der Waals surface area contributed by atoms with E-state index in [0.29, 0.717) is 48.8 Å². The van der Waals surface area contributed by atoms with E-state index in [9.17, 15) is 14.4 Å². The molecule has 2 aromatic carbocycles. The SMILES string of the molecule is CCn1c(SC(C(=O)N2CCN(C(=O)OC(C)(C)C)CC2)c2ccccc2)nc2cc3c(cc2c1=O)CCCC3. The number of thioether (sulfide) groups is 1. The number of hydrogen-bond acceptors (Lipinski definition) is 6. The number of ether oxygens (including phenoxy) is 1. The highest BCUT2D eigenvalue weighted by Gasteiger charge is 2.33. The number of hydrogen-bond donors (Lipinski definition) is 0. The van der Waals surface area contributed by atoms with Crippen molar-refractivity contribution in [1.82, 2.24) is 19.4 Å². The highest BCUT2D eigenvalue weighted by atomic mass is 32.2. The van der Waals surface area contributed by atoms with Gasteiger partial charge in [0.15, 0.2) is 5.16 Å². The number of aryl methyl sites for hydroxylation is 2. The number of carbonyl (C=O) groups excluding carboxylic acids is 2. The van der Waals surface area contributed by atoms with E-state index in [1.54, 1.807) is 14.4 Å². The fourth-order valence-electron chi connectivity index (χ4n) is 5.40. The zero-order valence-corrected chi connectivity index (χ0v) is 24.6. The fourth-order valence-corrected chi connectivity index (χ4v) is 6.64. The van der Waals surface area contributed by atoms with Crippen molar-refractivity contribution in [3.05, 3.63) is 69.5 Å². The molecule has 40 heavy (non-hydrogen) atoms. The van der Waals surface area contributed by atoms with Crippen LogP contribution >= 0.6 is 11.8 Å². The van der Waals surface area contributed by atoms with Crippen molar-refractivity contribution >= 4 is 34.7 Å². The van der Waals surface area contributed by atoms with E-state index >= 15 is 0 Å². The summed E-state index contributed by atoms with van der Waals surface area (Å²) >= 11 is 1.33. The first-order valence-electron chi connectivity index (χ1n) is 14.2. The third-order valence-electron chi connectivity index (χ3n) is 7.49. The minimum atomic E-state index is -0.575. The molecule has 2 heterocycles. The lowest BCUT2D eigenvalue weighted by Gasteiger charge is -2.37. The highest BCUT2D eigenvalue weighted by Crippen LogP contribution is 2.37. The molecule has 0 N–H and O–H groups in total. The van der Waals surface area contributed by atoms with E-state index in [2.05, 4.69) is 6.07 Å². The van der Waals surface area contributed by atoms with Gasteiger partial charge in [0, 0.05) is 32.7 Å². The van der Waals surface area contributed by atoms with Crippen LogP contribution in [0.3, 0.4) is 0 Å². The van der Waals surface area contributed by atoms with Crippen LogP contribution < -0.4 is 5.56 Å². The van der Waals surface area contributed by atoms with E-state index in [1.165, 1.54) is 22.9 Å². The van der Waals surface area contributed by atoms with Crippen LogP contribution in [0.2, 0.25) is 0 Å². The first kappa shape index (κ1) is 28.2. The monoisotopic (exact) mass is 562 g/mol. The van der Waals surface area contributed by atoms with Crippen molar-refractivity contribution < 1.29 is 14.3 Å². The molecule has 1 saturated heterocycles. The van der Waals surface area contributed by atoms with Crippen LogP contribution in [0.5, 0.6) is 0 Å². The quantitative estimate of drug-likeness (QED) is 0.314. The maximum Gasteiger partial charge on any atom is 0.410 e. The Bertz CT molecular complexity index is 1460. The average Bonchev–Trinajstić information content (AvgIpc) is 2.94. The minimum Gasteiger partial charge on any atom is -0.444 e. The normalized spacial score (nSPS) is 16.5. The second-order valence-corrected chi connectivity index (χ2v) is 12.6. The fraction of sp³-hybridized carbons (Fsp3) is 0.484. The summed E-state index contributed by atoms with van der Waals surface area (Å²) in [6.45, 7) is 9.59. The van der Waals surface area contributed by atoms with Gasteiger partial charge in [-0.1, -0.05) is 42.1 Å². The Kier molecular flexibility index (Phi) is 8.21. The van der Waals surface area contributed by atoms with E-state index in [-0.39, 0.29) is 17.6 Å². The predicted octanol–water partition coefficient (Wildman–Crippen LogP) is 5.21. The van der Waals surface area contributed by atoms with Gasteiger partial charge >= 0.3 is 6.09 Å². The second kappa shape index (κ2) is 11.6. The Labute approximate surface area is 239 Å². The smallest absolute Gasteiger partial charge is 0.410 e. The Morgan fingerprint density at radius 2 is 1.60 bits per heavy atom. The lowest BCUT2D eigenvalue weighted by molar-refractivity contribution is -0.132. The summed E-state index contributed by atoms with van der Waals surface area (Å²) in [6, 6.07) is 13.8. The summed E-state index contributed by atoms with van der Waals surface area (Å²) in [6.07, 6.45) is 3.95. The van der Waals surface area contributed by atoms with Gasteiger partial charge in [-0.3, -0.25) is 14.2 Å². The van der Waals surface area contributed by atoms with E-state index in [4.69, 9.17) is 9.72 Å². The molecule has 5 rings (SSSR count). The van der Waals surface area contributed by atoms with Crippen LogP contribution in [0.1, 0.15) is 62.5 Å². The number of rotatable bonds is 5. The second-order valence-electron chi connectivity index (χ2n) is 11.5. The molecule has 2 amide bonds. The first-order valence-corrected chi connectivity index (χ1v) is 15.1. The third kappa shape index (κ3) is 6.04. The van der Waals surface area contributed by atoms with E-state index < -0.39 is 10.9 Å². The Morgan fingerprint density at radius 3 is 2.23 bits per heavy atom. The van der Waals surface area contributed by atoms with Crippen LogP contribution in [0.4, 0.5) is 4.79 Å². The highest BCUT2D eigenvalue weighted by molar-refractivity contribution is 8.00. The largest absolute Gasteiger partial charge is 0.444 e. The number of carbonyl (C=O) groups is 2. The average molecular weight is 563 g/mol.